The van der Waals surface area contributed by atoms with Gasteiger partial charge in [-0.3, -0.25) is 4.90 Å². The van der Waals surface area contributed by atoms with Crippen LogP contribution in [0, 0.1) is 0 Å². The lowest BCUT2D eigenvalue weighted by Gasteiger charge is -2.24. The molecule has 0 heterocycles. The van der Waals surface area contributed by atoms with Crippen molar-refractivity contribution >= 4 is 27.9 Å². The first-order chi connectivity index (χ1) is 8.34. The molecule has 2 N–H and O–H groups in total. The summed E-state index contributed by atoms with van der Waals surface area (Å²) in [6.07, 6.45) is 0. The van der Waals surface area contributed by atoms with Crippen LogP contribution in [0.1, 0.15) is 19.4 Å². The topological polar surface area (TPSA) is 63.4 Å². The summed E-state index contributed by atoms with van der Waals surface area (Å²) in [4.78, 5) is 2.03. The van der Waals surface area contributed by atoms with Crippen LogP contribution in [0.2, 0.25) is 0 Å². The fourth-order valence-electron chi connectivity index (χ4n) is 1.75. The molecule has 1 aromatic rings. The van der Waals surface area contributed by atoms with E-state index in [9.17, 15) is 8.42 Å². The molecule has 6 heteroatoms. The third-order valence-electron chi connectivity index (χ3n) is 3.07. The number of nitrogens with two attached hydrogens (primary N) is 1. The Hall–Kier alpha value is -0.780. The van der Waals surface area contributed by atoms with Gasteiger partial charge >= 0.3 is 0 Å². The van der Waals surface area contributed by atoms with E-state index in [1.54, 1.807) is 6.92 Å². The molecule has 1 unspecified atom stereocenters. The molecule has 0 aliphatic rings. The quantitative estimate of drug-likeness (QED) is 0.816. The minimum atomic E-state index is -2.93. The third-order valence-corrected chi connectivity index (χ3v) is 4.94. The van der Waals surface area contributed by atoms with Crippen molar-refractivity contribution in [3.8, 4) is 0 Å². The largest absolute Gasteiger partial charge is 0.399 e. The number of hydrogen-bond donors (Lipinski definition) is 1. The number of rotatable bonds is 6. The van der Waals surface area contributed by atoms with Crippen molar-refractivity contribution in [3.05, 3.63) is 29.8 Å². The van der Waals surface area contributed by atoms with Crippen LogP contribution in [0.5, 0.6) is 0 Å². The standard InChI is InChI=1S/C13H22N2O2S.ClH/c1-4-18(16,17)10-11(2)15(3)9-12-6-5-7-13(14)8-12;/h5-8,11H,4,9-10,14H2,1-3H3;1H. The van der Waals surface area contributed by atoms with Crippen LogP contribution in [0.25, 0.3) is 0 Å². The molecule has 0 fully saturated rings. The molecule has 0 bridgehead atoms. The van der Waals surface area contributed by atoms with Gasteiger partial charge in [0.1, 0.15) is 0 Å². The number of sulfone groups is 1. The first kappa shape index (κ1) is 18.2. The summed E-state index contributed by atoms with van der Waals surface area (Å²) in [5.41, 5.74) is 7.55. The van der Waals surface area contributed by atoms with Crippen molar-refractivity contribution in [2.75, 3.05) is 24.3 Å². The highest BCUT2D eigenvalue weighted by Crippen LogP contribution is 2.11. The van der Waals surface area contributed by atoms with E-state index in [-0.39, 0.29) is 30.0 Å². The minimum absolute atomic E-state index is 0. The summed E-state index contributed by atoms with van der Waals surface area (Å²) in [6, 6.07) is 7.66. The second kappa shape index (κ2) is 7.72. The Morgan fingerprint density at radius 2 is 2.00 bits per heavy atom. The summed E-state index contributed by atoms with van der Waals surface area (Å²) in [5.74, 6) is 0.395. The molecule has 1 rings (SSSR count). The van der Waals surface area contributed by atoms with E-state index in [1.165, 1.54) is 0 Å². The lowest BCUT2D eigenvalue weighted by atomic mass is 10.2. The van der Waals surface area contributed by atoms with Crippen molar-refractivity contribution in [2.45, 2.75) is 26.4 Å². The summed E-state index contributed by atoms with van der Waals surface area (Å²) < 4.78 is 23.1. The van der Waals surface area contributed by atoms with Gasteiger partial charge < -0.3 is 5.73 Å². The average Bonchev–Trinajstić information content (AvgIpc) is 2.28. The number of nitrogen functional groups attached to an aromatic ring is 1. The van der Waals surface area contributed by atoms with Gasteiger partial charge in [0.15, 0.2) is 9.84 Å². The van der Waals surface area contributed by atoms with Gasteiger partial charge in [-0.15, -0.1) is 12.4 Å². The zero-order valence-electron chi connectivity index (χ0n) is 11.7. The van der Waals surface area contributed by atoms with Crippen LogP contribution in [-0.4, -0.2) is 37.9 Å². The summed E-state index contributed by atoms with van der Waals surface area (Å²) in [5, 5.41) is 0. The first-order valence-corrected chi connectivity index (χ1v) is 7.91. The van der Waals surface area contributed by atoms with Crippen molar-refractivity contribution in [1.29, 1.82) is 0 Å². The second-order valence-electron chi connectivity index (χ2n) is 4.71. The monoisotopic (exact) mass is 306 g/mol. The highest BCUT2D eigenvalue weighted by molar-refractivity contribution is 7.91. The fraction of sp³-hybridized carbons (Fsp3) is 0.538. The van der Waals surface area contributed by atoms with E-state index in [4.69, 9.17) is 5.73 Å². The van der Waals surface area contributed by atoms with Crippen LogP contribution >= 0.6 is 12.4 Å². The van der Waals surface area contributed by atoms with Crippen molar-refractivity contribution in [2.24, 2.45) is 0 Å². The molecule has 0 amide bonds. The third kappa shape index (κ3) is 6.27. The molecule has 0 radical (unpaired) electrons. The van der Waals surface area contributed by atoms with Gasteiger partial charge in [0.25, 0.3) is 0 Å². The molecule has 19 heavy (non-hydrogen) atoms. The number of benzene rings is 1. The van der Waals surface area contributed by atoms with Gasteiger partial charge in [0, 0.05) is 24.0 Å². The summed E-state index contributed by atoms with van der Waals surface area (Å²) >= 11 is 0. The highest BCUT2D eigenvalue weighted by Gasteiger charge is 2.17. The smallest absolute Gasteiger partial charge is 0.151 e. The van der Waals surface area contributed by atoms with E-state index >= 15 is 0 Å². The van der Waals surface area contributed by atoms with Crippen LogP contribution in [0.3, 0.4) is 0 Å². The van der Waals surface area contributed by atoms with E-state index in [2.05, 4.69) is 0 Å². The van der Waals surface area contributed by atoms with E-state index in [1.807, 2.05) is 43.1 Å². The van der Waals surface area contributed by atoms with Crippen molar-refractivity contribution < 1.29 is 8.42 Å². The van der Waals surface area contributed by atoms with E-state index < -0.39 is 9.84 Å². The van der Waals surface area contributed by atoms with Crippen LogP contribution in [-0.2, 0) is 16.4 Å². The van der Waals surface area contributed by atoms with Crippen LogP contribution < -0.4 is 5.73 Å². The second-order valence-corrected chi connectivity index (χ2v) is 7.11. The number of hydrogen-bond acceptors (Lipinski definition) is 4. The zero-order chi connectivity index (χ0) is 13.8. The van der Waals surface area contributed by atoms with Crippen molar-refractivity contribution in [1.82, 2.24) is 4.90 Å². The Bertz CT molecular complexity index is 491. The molecule has 0 aromatic heterocycles. The van der Waals surface area contributed by atoms with Gasteiger partial charge in [-0.1, -0.05) is 19.1 Å². The van der Waals surface area contributed by atoms with Gasteiger partial charge in [-0.2, -0.15) is 0 Å². The van der Waals surface area contributed by atoms with Gasteiger partial charge in [0.2, 0.25) is 0 Å². The van der Waals surface area contributed by atoms with Crippen molar-refractivity contribution in [3.63, 3.8) is 0 Å². The molecule has 110 valence electrons. The Kier molecular flexibility index (Phi) is 7.41. The maximum absolute atomic E-state index is 11.6. The van der Waals surface area contributed by atoms with Crippen LogP contribution in [0.4, 0.5) is 5.69 Å². The van der Waals surface area contributed by atoms with Crippen LogP contribution in [0.15, 0.2) is 24.3 Å². The number of anilines is 1. The Morgan fingerprint density at radius 1 is 1.37 bits per heavy atom. The Balaban J connectivity index is 0.00000324. The molecule has 0 aliphatic carbocycles. The molecule has 0 saturated heterocycles. The predicted molar refractivity (Wildman–Crippen MR) is 83.4 cm³/mol. The zero-order valence-corrected chi connectivity index (χ0v) is 13.3. The summed E-state index contributed by atoms with van der Waals surface area (Å²) in [7, 11) is -1.00. The van der Waals surface area contributed by atoms with Gasteiger partial charge in [-0.05, 0) is 31.7 Å². The van der Waals surface area contributed by atoms with Gasteiger partial charge in [-0.25, -0.2) is 8.42 Å². The molecular weight excluding hydrogens is 284 g/mol. The van der Waals surface area contributed by atoms with E-state index in [0.717, 1.165) is 11.3 Å². The SMILES string of the molecule is CCS(=O)(=O)CC(C)N(C)Cc1cccc(N)c1.Cl. The number of nitrogens with zero attached hydrogens (tertiary/aromatic N) is 1. The lowest BCUT2D eigenvalue weighted by Crippen LogP contribution is -2.35. The number of halogens is 1. The summed E-state index contributed by atoms with van der Waals surface area (Å²) in [6.45, 7) is 4.31. The predicted octanol–water partition coefficient (Wildman–Crippen LogP) is 1.95. The Morgan fingerprint density at radius 3 is 2.53 bits per heavy atom. The van der Waals surface area contributed by atoms with Gasteiger partial charge in [0.05, 0.1) is 5.75 Å². The molecule has 0 saturated carbocycles. The van der Waals surface area contributed by atoms with E-state index in [0.29, 0.717) is 6.54 Å². The normalized spacial score (nSPS) is 13.1. The molecule has 0 spiro atoms. The molecule has 0 aliphatic heterocycles. The minimum Gasteiger partial charge on any atom is -0.399 e. The fourth-order valence-corrected chi connectivity index (χ4v) is 2.97. The molecule has 1 aromatic carbocycles. The maximum atomic E-state index is 11.6. The first-order valence-electron chi connectivity index (χ1n) is 6.09. The molecule has 1 atom stereocenters. The Labute approximate surface area is 122 Å². The lowest BCUT2D eigenvalue weighted by molar-refractivity contribution is 0.267. The maximum Gasteiger partial charge on any atom is 0.151 e. The average molecular weight is 307 g/mol. The highest BCUT2D eigenvalue weighted by atomic mass is 35.5. The molecular formula is C13H23ClN2O2S. The molecule has 4 nitrogen and oxygen atoms in total.